The van der Waals surface area contributed by atoms with Gasteiger partial charge in [-0.25, -0.2) is 0 Å². The molecule has 2 fully saturated rings. The number of nitrogens with zero attached hydrogens (tertiary/aromatic N) is 1. The van der Waals surface area contributed by atoms with Crippen molar-refractivity contribution in [2.75, 3.05) is 13.1 Å². The highest BCUT2D eigenvalue weighted by Crippen LogP contribution is 2.21. The second-order valence-corrected chi connectivity index (χ2v) is 6.24. The number of benzene rings is 1. The number of rotatable bonds is 4. The fourth-order valence-corrected chi connectivity index (χ4v) is 3.35. The highest BCUT2D eigenvalue weighted by atomic mass is 16.2. The van der Waals surface area contributed by atoms with E-state index in [-0.39, 0.29) is 36.1 Å². The van der Waals surface area contributed by atoms with Gasteiger partial charge >= 0.3 is 0 Å². The molecule has 0 spiro atoms. The molecule has 2 atom stereocenters. The van der Waals surface area contributed by atoms with Gasteiger partial charge < -0.3 is 10.6 Å². The number of carbonyl (C=O) groups is 3. The highest BCUT2D eigenvalue weighted by Gasteiger charge is 2.31. The van der Waals surface area contributed by atoms with Crippen LogP contribution in [0.3, 0.4) is 0 Å². The summed E-state index contributed by atoms with van der Waals surface area (Å²) in [4.78, 5) is 37.2. The van der Waals surface area contributed by atoms with Gasteiger partial charge in [-0.2, -0.15) is 0 Å². The predicted molar refractivity (Wildman–Crippen MR) is 84.5 cm³/mol. The fraction of sp³-hybridized carbons (Fsp3) is 0.471. The fourth-order valence-electron chi connectivity index (χ4n) is 3.35. The van der Waals surface area contributed by atoms with E-state index in [0.29, 0.717) is 18.5 Å². The Balaban J connectivity index is 1.66. The maximum absolute atomic E-state index is 12.5. The Morgan fingerprint density at radius 1 is 1.26 bits per heavy atom. The van der Waals surface area contributed by atoms with Gasteiger partial charge in [0.05, 0.1) is 5.92 Å². The third-order valence-corrected chi connectivity index (χ3v) is 4.66. The first-order chi connectivity index (χ1) is 11.1. The smallest absolute Gasteiger partial charge is 0.254 e. The zero-order valence-electron chi connectivity index (χ0n) is 13.0. The molecule has 1 aromatic rings. The monoisotopic (exact) mass is 315 g/mol. The first-order valence-corrected chi connectivity index (χ1v) is 8.02. The van der Waals surface area contributed by atoms with Crippen LogP contribution in [0.5, 0.6) is 0 Å². The molecule has 0 aromatic heterocycles. The van der Waals surface area contributed by atoms with Crippen LogP contribution in [0, 0.1) is 5.92 Å². The van der Waals surface area contributed by atoms with Gasteiger partial charge in [-0.05, 0) is 37.0 Å². The van der Waals surface area contributed by atoms with Crippen molar-refractivity contribution >= 4 is 17.7 Å². The second-order valence-electron chi connectivity index (χ2n) is 6.24. The summed E-state index contributed by atoms with van der Waals surface area (Å²) in [6.07, 6.45) is 2.72. The Labute approximate surface area is 135 Å². The van der Waals surface area contributed by atoms with Crippen molar-refractivity contribution in [3.8, 4) is 0 Å². The van der Waals surface area contributed by atoms with E-state index in [0.717, 1.165) is 24.9 Å². The van der Waals surface area contributed by atoms with E-state index in [2.05, 4.69) is 5.32 Å². The third kappa shape index (κ3) is 3.27. The van der Waals surface area contributed by atoms with E-state index in [9.17, 15) is 14.4 Å². The maximum atomic E-state index is 12.5. The van der Waals surface area contributed by atoms with Crippen molar-refractivity contribution in [3.63, 3.8) is 0 Å². The summed E-state index contributed by atoms with van der Waals surface area (Å²) in [5.41, 5.74) is 7.31. The Morgan fingerprint density at radius 3 is 2.61 bits per heavy atom. The molecule has 6 heteroatoms. The Hall–Kier alpha value is -2.21. The van der Waals surface area contributed by atoms with Crippen LogP contribution in [-0.4, -0.2) is 41.8 Å². The van der Waals surface area contributed by atoms with Gasteiger partial charge in [0.15, 0.2) is 0 Å². The van der Waals surface area contributed by atoms with Crippen molar-refractivity contribution in [2.45, 2.75) is 31.7 Å². The van der Waals surface area contributed by atoms with Gasteiger partial charge in [-0.3, -0.25) is 19.7 Å². The van der Waals surface area contributed by atoms with Gasteiger partial charge in [0.25, 0.3) is 5.91 Å². The molecule has 2 saturated heterocycles. The Bertz CT molecular complexity index is 626. The van der Waals surface area contributed by atoms with Gasteiger partial charge in [-0.15, -0.1) is 0 Å². The van der Waals surface area contributed by atoms with E-state index >= 15 is 0 Å². The zero-order valence-corrected chi connectivity index (χ0v) is 13.0. The first kappa shape index (κ1) is 15.7. The van der Waals surface area contributed by atoms with Crippen molar-refractivity contribution in [2.24, 2.45) is 11.7 Å². The Morgan fingerprint density at radius 2 is 2.00 bits per heavy atom. The lowest BCUT2D eigenvalue weighted by molar-refractivity contribution is -0.125. The third-order valence-electron chi connectivity index (χ3n) is 4.66. The molecule has 3 N–H and O–H groups in total. The van der Waals surface area contributed by atoms with Crippen LogP contribution >= 0.6 is 0 Å². The summed E-state index contributed by atoms with van der Waals surface area (Å²) in [5, 5.41) is 2.31. The summed E-state index contributed by atoms with van der Waals surface area (Å²) in [7, 11) is 0. The molecule has 2 aliphatic heterocycles. The quantitative estimate of drug-likeness (QED) is 0.789. The van der Waals surface area contributed by atoms with Crippen molar-refractivity contribution in [1.29, 1.82) is 0 Å². The van der Waals surface area contributed by atoms with E-state index in [1.165, 1.54) is 0 Å². The molecule has 2 aliphatic rings. The molecule has 2 heterocycles. The summed E-state index contributed by atoms with van der Waals surface area (Å²) >= 11 is 0. The molecule has 1 aromatic carbocycles. The highest BCUT2D eigenvalue weighted by molar-refractivity contribution is 6.03. The lowest BCUT2D eigenvalue weighted by Crippen LogP contribution is -2.39. The molecule has 0 aliphatic carbocycles. The summed E-state index contributed by atoms with van der Waals surface area (Å²) in [5.74, 6) is -0.714. The largest absolute Gasteiger partial charge is 0.334 e. The lowest BCUT2D eigenvalue weighted by atomic mass is 9.97. The molecule has 122 valence electrons. The van der Waals surface area contributed by atoms with Crippen molar-refractivity contribution in [3.05, 3.63) is 35.4 Å². The molecule has 0 radical (unpaired) electrons. The minimum atomic E-state index is -0.302. The van der Waals surface area contributed by atoms with Crippen LogP contribution in [0.1, 0.15) is 35.2 Å². The number of carbonyl (C=O) groups excluding carboxylic acids is 3. The van der Waals surface area contributed by atoms with Gasteiger partial charge in [0, 0.05) is 31.1 Å². The molecular formula is C17H21N3O3. The molecule has 6 nitrogen and oxygen atoms in total. The van der Waals surface area contributed by atoms with Crippen LogP contribution in [0.25, 0.3) is 0 Å². The molecule has 0 saturated carbocycles. The molecular weight excluding hydrogens is 294 g/mol. The number of nitrogens with two attached hydrogens (primary N) is 1. The predicted octanol–water partition coefficient (Wildman–Crippen LogP) is 0.455. The number of hydrogen-bond donors (Lipinski definition) is 2. The SMILES string of the molecule is NCC1CCCN1C(=O)c1ccc(CC2CC(=O)NC2=O)cc1. The zero-order chi connectivity index (χ0) is 16.4. The summed E-state index contributed by atoms with van der Waals surface area (Å²) in [6.45, 7) is 1.25. The minimum Gasteiger partial charge on any atom is -0.334 e. The number of hydrogen-bond acceptors (Lipinski definition) is 4. The van der Waals surface area contributed by atoms with Crippen molar-refractivity contribution < 1.29 is 14.4 Å². The average Bonchev–Trinajstić information content (AvgIpc) is 3.14. The van der Waals surface area contributed by atoms with Crippen LogP contribution in [0.4, 0.5) is 0 Å². The normalized spacial score (nSPS) is 24.1. The minimum absolute atomic E-state index is 0.0123. The molecule has 3 rings (SSSR count). The Kier molecular flexibility index (Phi) is 4.43. The van der Waals surface area contributed by atoms with Crippen LogP contribution in [0.2, 0.25) is 0 Å². The summed E-state index contributed by atoms with van der Waals surface area (Å²) in [6, 6.07) is 7.43. The van der Waals surface area contributed by atoms with Gasteiger partial charge in [0.2, 0.25) is 11.8 Å². The second kappa shape index (κ2) is 6.50. The van der Waals surface area contributed by atoms with Crippen molar-refractivity contribution in [1.82, 2.24) is 10.2 Å². The number of imide groups is 1. The van der Waals surface area contributed by atoms with Crippen LogP contribution in [0.15, 0.2) is 24.3 Å². The number of likely N-dealkylation sites (tertiary alicyclic amines) is 1. The van der Waals surface area contributed by atoms with E-state index in [1.807, 2.05) is 17.0 Å². The molecule has 23 heavy (non-hydrogen) atoms. The van der Waals surface area contributed by atoms with Gasteiger partial charge in [0.1, 0.15) is 0 Å². The molecule has 2 unspecified atom stereocenters. The van der Waals surface area contributed by atoms with E-state index in [4.69, 9.17) is 5.73 Å². The maximum Gasteiger partial charge on any atom is 0.254 e. The lowest BCUT2D eigenvalue weighted by Gasteiger charge is -2.23. The average molecular weight is 315 g/mol. The van der Waals surface area contributed by atoms with E-state index in [1.54, 1.807) is 12.1 Å². The number of nitrogens with one attached hydrogen (secondary N) is 1. The van der Waals surface area contributed by atoms with E-state index < -0.39 is 0 Å². The number of amides is 3. The van der Waals surface area contributed by atoms with Crippen LogP contribution < -0.4 is 11.1 Å². The first-order valence-electron chi connectivity index (χ1n) is 8.02. The van der Waals surface area contributed by atoms with Gasteiger partial charge in [-0.1, -0.05) is 12.1 Å². The summed E-state index contributed by atoms with van der Waals surface area (Å²) < 4.78 is 0. The molecule has 3 amide bonds. The van der Waals surface area contributed by atoms with Crippen LogP contribution in [-0.2, 0) is 16.0 Å². The standard InChI is InChI=1S/C17H21N3O3/c18-10-14-2-1-7-20(14)17(23)12-5-3-11(4-6-12)8-13-9-15(21)19-16(13)22/h3-6,13-14H,1-2,7-10,18H2,(H,19,21,22). The molecule has 0 bridgehead atoms. The topological polar surface area (TPSA) is 92.5 Å².